The van der Waals surface area contributed by atoms with Gasteiger partial charge in [-0.05, 0) is 27.8 Å². The molecule has 3 atom stereocenters. The van der Waals surface area contributed by atoms with Crippen molar-refractivity contribution < 1.29 is 8.42 Å². The molecule has 0 amide bonds. The van der Waals surface area contributed by atoms with Crippen LogP contribution in [0.25, 0.3) is 11.1 Å². The van der Waals surface area contributed by atoms with Gasteiger partial charge in [0.25, 0.3) is 0 Å². The molecule has 0 radical (unpaired) electrons. The maximum absolute atomic E-state index is 13.1. The van der Waals surface area contributed by atoms with E-state index in [0.717, 1.165) is 27.8 Å². The summed E-state index contributed by atoms with van der Waals surface area (Å²) in [5.74, 6) is 0.0468. The molecule has 0 bridgehead atoms. The van der Waals surface area contributed by atoms with Crippen LogP contribution >= 0.6 is 0 Å². The summed E-state index contributed by atoms with van der Waals surface area (Å²) in [5, 5.41) is 0. The lowest BCUT2D eigenvalue weighted by Gasteiger charge is -2.16. The van der Waals surface area contributed by atoms with Gasteiger partial charge in [-0.1, -0.05) is 78.9 Å². The lowest BCUT2D eigenvalue weighted by molar-refractivity contribution is 0.547. The Hall–Kier alpha value is -2.43. The Morgan fingerprint density at radius 2 is 1.16 bits per heavy atom. The van der Waals surface area contributed by atoms with E-state index in [1.807, 2.05) is 54.6 Å². The third kappa shape index (κ3) is 2.25. The number of rotatable bonds is 3. The highest BCUT2D eigenvalue weighted by Gasteiger charge is 2.59. The molecule has 4 heteroatoms. The predicted octanol–water partition coefficient (Wildman–Crippen LogP) is 4.30. The number of nitrogens with zero attached hydrogens (tertiary/aromatic N) is 1. The molecule has 3 nitrogen and oxygen atoms in total. The third-order valence-electron chi connectivity index (χ3n) is 5.12. The minimum atomic E-state index is -3.37. The Labute approximate surface area is 147 Å². The van der Waals surface area contributed by atoms with Crippen LogP contribution in [0.3, 0.4) is 0 Å². The van der Waals surface area contributed by atoms with Gasteiger partial charge in [0.05, 0.1) is 17.8 Å². The largest absolute Gasteiger partial charge is 0.219 e. The fourth-order valence-corrected chi connectivity index (χ4v) is 5.89. The Balaban J connectivity index is 1.59. The molecule has 1 fully saturated rings. The molecule has 124 valence electrons. The summed E-state index contributed by atoms with van der Waals surface area (Å²) in [6.07, 6.45) is 0. The molecule has 3 aromatic rings. The molecule has 0 spiro atoms. The first-order valence-corrected chi connectivity index (χ1v) is 10.0. The second-order valence-corrected chi connectivity index (χ2v) is 8.51. The van der Waals surface area contributed by atoms with Crippen molar-refractivity contribution in [3.05, 3.63) is 95.6 Å². The molecule has 1 aliphatic heterocycles. The van der Waals surface area contributed by atoms with Gasteiger partial charge in [0, 0.05) is 0 Å². The molecule has 1 heterocycles. The number of sulfonamides is 1. The minimum absolute atomic E-state index is 0.0468. The zero-order chi connectivity index (χ0) is 17.0. The molecule has 3 aromatic carbocycles. The molecule has 1 saturated heterocycles. The molecule has 2 aliphatic rings. The number of hydrogen-bond donors (Lipinski definition) is 0. The van der Waals surface area contributed by atoms with E-state index in [2.05, 4.69) is 24.3 Å². The second kappa shape index (κ2) is 5.28. The molecule has 25 heavy (non-hydrogen) atoms. The lowest BCUT2D eigenvalue weighted by atomic mass is 9.86. The van der Waals surface area contributed by atoms with E-state index in [1.54, 1.807) is 4.31 Å². The van der Waals surface area contributed by atoms with E-state index < -0.39 is 10.0 Å². The van der Waals surface area contributed by atoms with Crippen LogP contribution in [0.2, 0.25) is 0 Å². The van der Waals surface area contributed by atoms with E-state index in [0.29, 0.717) is 0 Å². The fourth-order valence-electron chi connectivity index (χ4n) is 4.03. The van der Waals surface area contributed by atoms with Crippen molar-refractivity contribution >= 4 is 10.0 Å². The Morgan fingerprint density at radius 3 is 1.72 bits per heavy atom. The average molecular weight is 347 g/mol. The van der Waals surface area contributed by atoms with Crippen molar-refractivity contribution in [2.45, 2.75) is 17.8 Å². The maximum Gasteiger partial charge on any atom is 0.219 e. The topological polar surface area (TPSA) is 37.1 Å². The zero-order valence-electron chi connectivity index (χ0n) is 13.5. The van der Waals surface area contributed by atoms with Crippen LogP contribution in [0, 0.1) is 0 Å². The summed E-state index contributed by atoms with van der Waals surface area (Å²) >= 11 is 0. The van der Waals surface area contributed by atoms with Gasteiger partial charge in [0.1, 0.15) is 0 Å². The van der Waals surface area contributed by atoms with Crippen molar-refractivity contribution in [3.63, 3.8) is 0 Å². The van der Waals surface area contributed by atoms with E-state index >= 15 is 0 Å². The van der Waals surface area contributed by atoms with Gasteiger partial charge in [-0.2, -0.15) is 4.31 Å². The maximum atomic E-state index is 13.1. The molecule has 0 aromatic heterocycles. The Bertz CT molecular complexity index is 1010. The highest BCUT2D eigenvalue weighted by molar-refractivity contribution is 7.88. The summed E-state index contributed by atoms with van der Waals surface area (Å²) in [5.41, 5.74) is 5.35. The van der Waals surface area contributed by atoms with E-state index in [1.165, 1.54) is 0 Å². The molecule has 0 saturated carbocycles. The van der Waals surface area contributed by atoms with Crippen LogP contribution in [0.4, 0.5) is 0 Å². The molecule has 1 unspecified atom stereocenters. The van der Waals surface area contributed by atoms with Crippen molar-refractivity contribution in [3.8, 4) is 11.1 Å². The van der Waals surface area contributed by atoms with E-state index in [-0.39, 0.29) is 17.8 Å². The molecule has 1 aliphatic carbocycles. The van der Waals surface area contributed by atoms with Gasteiger partial charge < -0.3 is 0 Å². The SMILES string of the molecule is O=S(=O)(Cc1ccccc1)N1[C@@H]2c3ccccc3-c3ccccc3[C@@H]21. The van der Waals surface area contributed by atoms with Gasteiger partial charge in [-0.3, -0.25) is 0 Å². The highest BCUT2D eigenvalue weighted by atomic mass is 32.2. The number of fused-ring (bicyclic) bond motifs is 6. The first-order valence-electron chi connectivity index (χ1n) is 8.40. The standard InChI is InChI=1S/C21H17NO2S/c23-25(24,14-15-8-2-1-3-9-15)22-20-18-12-6-4-10-16(18)17-11-5-7-13-19(17)21(20)22/h1-13,20-21H,14H2/t20-,21+,22?. The van der Waals surface area contributed by atoms with Crippen LogP contribution < -0.4 is 0 Å². The summed E-state index contributed by atoms with van der Waals surface area (Å²) in [4.78, 5) is 0. The van der Waals surface area contributed by atoms with Crippen LogP contribution in [0.5, 0.6) is 0 Å². The van der Waals surface area contributed by atoms with Crippen molar-refractivity contribution in [1.82, 2.24) is 4.31 Å². The number of hydrogen-bond acceptors (Lipinski definition) is 2. The van der Waals surface area contributed by atoms with Crippen LogP contribution in [0.1, 0.15) is 28.8 Å². The first-order chi connectivity index (χ1) is 12.2. The summed E-state index contributed by atoms with van der Waals surface area (Å²) in [7, 11) is -3.37. The summed E-state index contributed by atoms with van der Waals surface area (Å²) in [6, 6.07) is 25.6. The predicted molar refractivity (Wildman–Crippen MR) is 98.3 cm³/mol. The molecular weight excluding hydrogens is 330 g/mol. The zero-order valence-corrected chi connectivity index (χ0v) is 14.4. The summed E-state index contributed by atoms with van der Waals surface area (Å²) in [6.45, 7) is 0. The van der Waals surface area contributed by atoms with Gasteiger partial charge in [0.2, 0.25) is 10.0 Å². The van der Waals surface area contributed by atoms with Gasteiger partial charge in [-0.25, -0.2) is 8.42 Å². The highest BCUT2D eigenvalue weighted by Crippen LogP contribution is 2.63. The van der Waals surface area contributed by atoms with Crippen LogP contribution in [-0.4, -0.2) is 12.7 Å². The molecular formula is C21H17NO2S. The Kier molecular flexibility index (Phi) is 3.14. The lowest BCUT2D eigenvalue weighted by Crippen LogP contribution is -2.15. The van der Waals surface area contributed by atoms with Gasteiger partial charge in [0.15, 0.2) is 0 Å². The third-order valence-corrected chi connectivity index (χ3v) is 6.91. The molecule has 0 N–H and O–H groups in total. The van der Waals surface area contributed by atoms with E-state index in [9.17, 15) is 8.42 Å². The summed E-state index contributed by atoms with van der Waals surface area (Å²) < 4.78 is 27.8. The van der Waals surface area contributed by atoms with Gasteiger partial charge in [-0.15, -0.1) is 0 Å². The average Bonchev–Trinajstić information content (AvgIpc) is 3.40. The van der Waals surface area contributed by atoms with Crippen molar-refractivity contribution in [1.29, 1.82) is 0 Å². The monoisotopic (exact) mass is 347 g/mol. The van der Waals surface area contributed by atoms with Crippen LogP contribution in [0.15, 0.2) is 78.9 Å². The van der Waals surface area contributed by atoms with Crippen molar-refractivity contribution in [2.24, 2.45) is 0 Å². The van der Waals surface area contributed by atoms with Crippen LogP contribution in [-0.2, 0) is 15.8 Å². The first kappa shape index (κ1) is 14.9. The minimum Gasteiger partial charge on any atom is -0.212 e. The molecule has 5 rings (SSSR count). The van der Waals surface area contributed by atoms with E-state index in [4.69, 9.17) is 0 Å². The van der Waals surface area contributed by atoms with Crippen molar-refractivity contribution in [2.75, 3.05) is 0 Å². The van der Waals surface area contributed by atoms with Gasteiger partial charge >= 0.3 is 0 Å². The Morgan fingerprint density at radius 1 is 0.680 bits per heavy atom. The fraction of sp³-hybridized carbons (Fsp3) is 0.143. The number of benzene rings is 3. The smallest absolute Gasteiger partial charge is 0.212 e. The second-order valence-electron chi connectivity index (χ2n) is 6.64. The quantitative estimate of drug-likeness (QED) is 0.663. The normalized spacial score (nSPS) is 23.3.